The highest BCUT2D eigenvalue weighted by Crippen LogP contribution is 2.60. The zero-order valence-corrected chi connectivity index (χ0v) is 23.3. The van der Waals surface area contributed by atoms with Gasteiger partial charge in [0, 0.05) is 5.56 Å². The van der Waals surface area contributed by atoms with Crippen molar-refractivity contribution in [3.8, 4) is 17.6 Å². The molecule has 7 nitrogen and oxygen atoms in total. The van der Waals surface area contributed by atoms with Crippen LogP contribution in [0.1, 0.15) is 55.2 Å². The molecule has 4 aliphatic carbocycles. The fraction of sp³-hybridized carbons (Fsp3) is 0.400. The highest BCUT2D eigenvalue weighted by molar-refractivity contribution is 8.26. The Labute approximate surface area is 237 Å². The van der Waals surface area contributed by atoms with Crippen LogP contribution in [0.15, 0.2) is 47.4 Å². The molecule has 4 saturated carbocycles. The largest absolute Gasteiger partial charge is 0.493 e. The van der Waals surface area contributed by atoms with Gasteiger partial charge in [-0.15, -0.1) is 0 Å². The van der Waals surface area contributed by atoms with Crippen molar-refractivity contribution in [2.75, 3.05) is 7.11 Å². The molecule has 1 saturated heterocycles. The third kappa shape index (κ3) is 4.92. The van der Waals surface area contributed by atoms with Gasteiger partial charge in [-0.25, -0.2) is 0 Å². The molecular weight excluding hydrogens is 530 g/mol. The molecule has 0 atom stereocenters. The zero-order chi connectivity index (χ0) is 27.1. The number of benzene rings is 2. The molecule has 0 aromatic heterocycles. The quantitative estimate of drug-likeness (QED) is 0.349. The molecule has 2 aromatic carbocycles. The second-order valence-electron chi connectivity index (χ2n) is 11.1. The van der Waals surface area contributed by atoms with E-state index >= 15 is 0 Å². The number of carbonyl (C=O) groups excluding carboxylic acids is 2. The number of hydrogen-bond donors (Lipinski definition) is 1. The Bertz CT molecular complexity index is 1390. The van der Waals surface area contributed by atoms with Crippen molar-refractivity contribution < 1.29 is 19.1 Å². The molecule has 0 unspecified atom stereocenters. The van der Waals surface area contributed by atoms with Crippen LogP contribution < -0.4 is 14.9 Å². The molecule has 5 aliphatic rings. The van der Waals surface area contributed by atoms with Crippen LogP contribution >= 0.6 is 24.0 Å². The highest BCUT2D eigenvalue weighted by Gasteiger charge is 2.55. The van der Waals surface area contributed by atoms with Gasteiger partial charge in [0.2, 0.25) is 5.91 Å². The van der Waals surface area contributed by atoms with Crippen LogP contribution in [0.25, 0.3) is 6.08 Å². The van der Waals surface area contributed by atoms with Crippen molar-refractivity contribution in [2.45, 2.75) is 45.1 Å². The van der Waals surface area contributed by atoms with Gasteiger partial charge in [0.1, 0.15) is 6.61 Å². The van der Waals surface area contributed by atoms with Gasteiger partial charge in [0.05, 0.1) is 29.1 Å². The van der Waals surface area contributed by atoms with Gasteiger partial charge < -0.3 is 9.47 Å². The normalized spacial score (nSPS) is 28.1. The lowest BCUT2D eigenvalue weighted by Crippen LogP contribution is -2.57. The minimum Gasteiger partial charge on any atom is -0.493 e. The van der Waals surface area contributed by atoms with Gasteiger partial charge in [-0.3, -0.25) is 15.0 Å². The fourth-order valence-electron chi connectivity index (χ4n) is 7.13. The Kier molecular flexibility index (Phi) is 6.86. The van der Waals surface area contributed by atoms with Crippen molar-refractivity contribution in [3.05, 3.63) is 64.1 Å². The van der Waals surface area contributed by atoms with E-state index in [4.69, 9.17) is 21.7 Å². The smallest absolute Gasteiger partial charge is 0.285 e. The summed E-state index contributed by atoms with van der Waals surface area (Å²) >= 11 is 6.66. The molecule has 9 heteroatoms. The van der Waals surface area contributed by atoms with E-state index in [-0.39, 0.29) is 23.8 Å². The first-order valence-electron chi connectivity index (χ1n) is 13.3. The Morgan fingerprint density at radius 3 is 2.51 bits per heavy atom. The average molecular weight is 560 g/mol. The van der Waals surface area contributed by atoms with E-state index in [0.717, 1.165) is 30.4 Å². The van der Waals surface area contributed by atoms with Gasteiger partial charge in [-0.2, -0.15) is 10.3 Å². The van der Waals surface area contributed by atoms with Crippen molar-refractivity contribution >= 4 is 46.2 Å². The van der Waals surface area contributed by atoms with Crippen LogP contribution in [0.3, 0.4) is 0 Å². The van der Waals surface area contributed by atoms with E-state index in [1.165, 1.54) is 36.0 Å². The number of amides is 2. The summed E-state index contributed by atoms with van der Waals surface area (Å²) in [5, 5.41) is 10.6. The summed E-state index contributed by atoms with van der Waals surface area (Å²) in [7, 11) is 1.55. The predicted molar refractivity (Wildman–Crippen MR) is 152 cm³/mol. The SMILES string of the molecule is COc1cc(/C=C2\SC(=S)N(NC(=O)C34CC5CC(CC(C5)C3)C4)C2=O)ccc1OCc1ccccc1C#N. The number of nitriles is 1. The number of thiocarbonyl (C=S) groups is 1. The molecule has 7 rings (SSSR count). The number of ether oxygens (including phenoxy) is 2. The van der Waals surface area contributed by atoms with Crippen LogP contribution in [0.4, 0.5) is 0 Å². The lowest BCUT2D eigenvalue weighted by Gasteiger charge is -2.55. The number of carbonyl (C=O) groups is 2. The van der Waals surface area contributed by atoms with E-state index in [2.05, 4.69) is 11.5 Å². The first-order valence-corrected chi connectivity index (χ1v) is 14.5. The first kappa shape index (κ1) is 25.9. The Hall–Kier alpha value is -3.35. The molecule has 1 N–H and O–H groups in total. The zero-order valence-electron chi connectivity index (χ0n) is 21.6. The van der Waals surface area contributed by atoms with Crippen LogP contribution in [-0.2, 0) is 16.2 Å². The van der Waals surface area contributed by atoms with E-state index in [1.807, 2.05) is 24.3 Å². The van der Waals surface area contributed by atoms with E-state index in [9.17, 15) is 14.9 Å². The van der Waals surface area contributed by atoms with E-state index < -0.39 is 0 Å². The minimum absolute atomic E-state index is 0.0553. The standard InChI is InChI=1S/C30H29N3O4S2/c1-36-25-11-18(6-7-24(25)37-17-23-5-3-2-4-22(23)16-31)12-26-27(34)33(29(38)39-26)32-28(35)30-13-19-8-20(14-30)10-21(9-19)15-30/h2-7,11-12,19-21H,8-10,13-15,17H2,1H3,(H,32,35)/b26-12-. The lowest BCUT2D eigenvalue weighted by atomic mass is 9.49. The molecule has 5 fully saturated rings. The monoisotopic (exact) mass is 559 g/mol. The average Bonchev–Trinajstić information content (AvgIpc) is 3.18. The maximum Gasteiger partial charge on any atom is 0.285 e. The van der Waals surface area contributed by atoms with Crippen molar-refractivity contribution in [2.24, 2.45) is 23.2 Å². The topological polar surface area (TPSA) is 91.7 Å². The number of thioether (sulfide) groups is 1. The van der Waals surface area contributed by atoms with Crippen LogP contribution in [-0.4, -0.2) is 28.3 Å². The predicted octanol–water partition coefficient (Wildman–Crippen LogP) is 5.59. The number of rotatable bonds is 7. The van der Waals surface area contributed by atoms with Gasteiger partial charge in [0.25, 0.3) is 5.91 Å². The van der Waals surface area contributed by atoms with Crippen molar-refractivity contribution in [3.63, 3.8) is 0 Å². The summed E-state index contributed by atoms with van der Waals surface area (Å²) in [6.45, 7) is 0.224. The lowest BCUT2D eigenvalue weighted by molar-refractivity contribution is -0.152. The molecule has 1 aliphatic heterocycles. The number of nitrogens with zero attached hydrogens (tertiary/aromatic N) is 2. The summed E-state index contributed by atoms with van der Waals surface area (Å²) in [4.78, 5) is 27.2. The third-order valence-corrected chi connectivity index (χ3v) is 9.84. The number of nitrogens with one attached hydrogen (secondary N) is 1. The molecule has 4 bridgehead atoms. The molecule has 0 radical (unpaired) electrons. The van der Waals surface area contributed by atoms with E-state index in [0.29, 0.717) is 44.0 Å². The summed E-state index contributed by atoms with van der Waals surface area (Å²) in [5.41, 5.74) is 4.62. The maximum atomic E-state index is 13.5. The van der Waals surface area contributed by atoms with Crippen LogP contribution in [0.5, 0.6) is 11.5 Å². The van der Waals surface area contributed by atoms with E-state index in [1.54, 1.807) is 31.4 Å². The summed E-state index contributed by atoms with van der Waals surface area (Å²) in [6.07, 6.45) is 8.25. The molecule has 39 heavy (non-hydrogen) atoms. The minimum atomic E-state index is -0.362. The number of hydrogen-bond acceptors (Lipinski definition) is 7. The maximum absolute atomic E-state index is 13.5. The van der Waals surface area contributed by atoms with Gasteiger partial charge in [-0.05, 0) is 98.3 Å². The number of hydrazine groups is 1. The van der Waals surface area contributed by atoms with Crippen LogP contribution in [0.2, 0.25) is 0 Å². The molecule has 0 spiro atoms. The second-order valence-corrected chi connectivity index (χ2v) is 12.8. The Balaban J connectivity index is 1.15. The van der Waals surface area contributed by atoms with Crippen LogP contribution in [0, 0.1) is 34.5 Å². The Morgan fingerprint density at radius 2 is 1.85 bits per heavy atom. The number of methoxy groups -OCH3 is 1. The summed E-state index contributed by atoms with van der Waals surface area (Å²) in [5.74, 6) is 2.56. The molecule has 1 heterocycles. The van der Waals surface area contributed by atoms with Crippen molar-refractivity contribution in [1.29, 1.82) is 5.26 Å². The molecule has 200 valence electrons. The Morgan fingerprint density at radius 1 is 1.15 bits per heavy atom. The fourth-order valence-corrected chi connectivity index (χ4v) is 8.31. The van der Waals surface area contributed by atoms with Crippen molar-refractivity contribution in [1.82, 2.24) is 10.4 Å². The molecular formula is C30H29N3O4S2. The molecule has 2 aromatic rings. The van der Waals surface area contributed by atoms with Gasteiger partial charge in [0.15, 0.2) is 15.8 Å². The first-order chi connectivity index (χ1) is 18.9. The van der Waals surface area contributed by atoms with Gasteiger partial charge in [-0.1, -0.05) is 36.0 Å². The summed E-state index contributed by atoms with van der Waals surface area (Å²) < 4.78 is 11.8. The third-order valence-electron chi connectivity index (χ3n) is 8.53. The molecule has 2 amide bonds. The second kappa shape index (κ2) is 10.3. The summed E-state index contributed by atoms with van der Waals surface area (Å²) in [6, 6.07) is 14.8. The highest BCUT2D eigenvalue weighted by atomic mass is 32.2. The van der Waals surface area contributed by atoms with Gasteiger partial charge >= 0.3 is 0 Å².